The number of aromatic nitrogens is 1. The lowest BCUT2D eigenvalue weighted by molar-refractivity contribution is -0.0107. The van der Waals surface area contributed by atoms with Gasteiger partial charge in [0.1, 0.15) is 5.60 Å². The fraction of sp³-hybridized carbons (Fsp3) is 0.261. The Labute approximate surface area is 168 Å². The van der Waals surface area contributed by atoms with Crippen molar-refractivity contribution in [1.29, 1.82) is 0 Å². The van der Waals surface area contributed by atoms with Crippen molar-refractivity contribution in [1.82, 2.24) is 9.88 Å². The summed E-state index contributed by atoms with van der Waals surface area (Å²) in [4.78, 5) is 43.6. The quantitative estimate of drug-likeness (QED) is 0.540. The van der Waals surface area contributed by atoms with Gasteiger partial charge in [-0.1, -0.05) is 24.3 Å². The highest BCUT2D eigenvalue weighted by molar-refractivity contribution is 6.32. The number of benzene rings is 2. The summed E-state index contributed by atoms with van der Waals surface area (Å²) in [7, 11) is 3.82. The van der Waals surface area contributed by atoms with E-state index in [2.05, 4.69) is 4.98 Å². The predicted molar refractivity (Wildman–Crippen MR) is 110 cm³/mol. The molecule has 0 saturated heterocycles. The molecule has 6 heteroatoms. The Hall–Kier alpha value is -3.25. The molecule has 1 heterocycles. The van der Waals surface area contributed by atoms with Crippen molar-refractivity contribution in [2.75, 3.05) is 20.6 Å². The third-order valence-electron chi connectivity index (χ3n) is 4.97. The van der Waals surface area contributed by atoms with Crippen molar-refractivity contribution in [2.45, 2.75) is 19.4 Å². The average molecular weight is 390 g/mol. The Morgan fingerprint density at radius 2 is 1.69 bits per heavy atom. The van der Waals surface area contributed by atoms with E-state index < -0.39 is 11.6 Å². The summed E-state index contributed by atoms with van der Waals surface area (Å²) in [6.07, 6.45) is 0. The zero-order chi connectivity index (χ0) is 20.9. The van der Waals surface area contributed by atoms with E-state index in [4.69, 9.17) is 4.74 Å². The third-order valence-corrected chi connectivity index (χ3v) is 4.97. The van der Waals surface area contributed by atoms with Crippen molar-refractivity contribution in [2.24, 2.45) is 0 Å². The minimum absolute atomic E-state index is 0.220. The molecule has 0 spiro atoms. The van der Waals surface area contributed by atoms with E-state index in [1.165, 1.54) is 0 Å². The fourth-order valence-electron chi connectivity index (χ4n) is 3.98. The van der Waals surface area contributed by atoms with Crippen LogP contribution in [0.4, 0.5) is 0 Å². The molecule has 1 aliphatic carbocycles. The fourth-order valence-corrected chi connectivity index (χ4v) is 3.98. The number of ketones is 2. The van der Waals surface area contributed by atoms with Gasteiger partial charge >= 0.3 is 5.97 Å². The number of likely N-dealkylation sites (N-methyl/N-ethyl adjacent to an activating group) is 1. The van der Waals surface area contributed by atoms with Crippen molar-refractivity contribution in [3.63, 3.8) is 0 Å². The molecule has 6 nitrogen and oxygen atoms in total. The van der Waals surface area contributed by atoms with E-state index in [9.17, 15) is 14.4 Å². The molecule has 148 valence electrons. The van der Waals surface area contributed by atoms with E-state index in [-0.39, 0.29) is 17.3 Å². The average Bonchev–Trinajstić information content (AvgIpc) is 3.03. The second kappa shape index (κ2) is 6.67. The first kappa shape index (κ1) is 19.1. The highest BCUT2D eigenvalue weighted by Crippen LogP contribution is 2.33. The Morgan fingerprint density at radius 3 is 2.34 bits per heavy atom. The highest BCUT2D eigenvalue weighted by atomic mass is 16.6. The molecule has 0 radical (unpaired) electrons. The zero-order valence-electron chi connectivity index (χ0n) is 16.8. The molecular formula is C23H22N2O4. The van der Waals surface area contributed by atoms with Crippen LogP contribution in [0.2, 0.25) is 0 Å². The molecule has 0 unspecified atom stereocenters. The highest BCUT2D eigenvalue weighted by Gasteiger charge is 2.33. The standard InChI is InChI=1S/C23H22N2O4/c1-23(2,12-25(3)4)29-22(28)13-9-10-17-16(11-13)18-19(24-17)21(27)15-8-6-5-7-14(15)20(18)26/h5-11,24H,12H2,1-4H3. The number of nitrogens with one attached hydrogen (secondary N) is 1. The molecule has 0 aliphatic heterocycles. The number of H-pyrrole nitrogens is 1. The van der Waals surface area contributed by atoms with Crippen LogP contribution in [0.1, 0.15) is 56.2 Å². The molecule has 1 aromatic heterocycles. The zero-order valence-corrected chi connectivity index (χ0v) is 16.8. The maximum Gasteiger partial charge on any atom is 0.338 e. The number of esters is 1. The van der Waals surface area contributed by atoms with E-state index in [1.807, 2.05) is 32.8 Å². The van der Waals surface area contributed by atoms with Gasteiger partial charge < -0.3 is 14.6 Å². The number of nitrogens with zero attached hydrogens (tertiary/aromatic N) is 1. The third kappa shape index (κ3) is 3.25. The summed E-state index contributed by atoms with van der Waals surface area (Å²) in [6, 6.07) is 11.7. The van der Waals surface area contributed by atoms with E-state index >= 15 is 0 Å². The van der Waals surface area contributed by atoms with Gasteiger partial charge in [-0.2, -0.15) is 0 Å². The summed E-state index contributed by atoms with van der Waals surface area (Å²) >= 11 is 0. The Morgan fingerprint density at radius 1 is 1.03 bits per heavy atom. The minimum Gasteiger partial charge on any atom is -0.455 e. The monoisotopic (exact) mass is 390 g/mol. The molecule has 1 aliphatic rings. The number of hydrogen-bond acceptors (Lipinski definition) is 5. The van der Waals surface area contributed by atoms with Crippen LogP contribution in [0.5, 0.6) is 0 Å². The Balaban J connectivity index is 1.76. The van der Waals surface area contributed by atoms with Gasteiger partial charge in [0.2, 0.25) is 5.78 Å². The number of carbonyl (C=O) groups is 3. The van der Waals surface area contributed by atoms with Crippen LogP contribution in [-0.2, 0) is 4.74 Å². The molecule has 0 saturated carbocycles. The van der Waals surface area contributed by atoms with Gasteiger partial charge in [-0.15, -0.1) is 0 Å². The van der Waals surface area contributed by atoms with Gasteiger partial charge in [-0.25, -0.2) is 4.79 Å². The molecule has 0 bridgehead atoms. The Kier molecular flexibility index (Phi) is 4.39. The molecule has 29 heavy (non-hydrogen) atoms. The summed E-state index contributed by atoms with van der Waals surface area (Å²) in [5.74, 6) is -0.911. The van der Waals surface area contributed by atoms with Gasteiger partial charge in [0.05, 0.1) is 16.8 Å². The molecule has 4 rings (SSSR count). The van der Waals surface area contributed by atoms with E-state index in [1.54, 1.807) is 42.5 Å². The van der Waals surface area contributed by atoms with Crippen molar-refractivity contribution >= 4 is 28.4 Å². The number of ether oxygens (including phenoxy) is 1. The number of carbonyl (C=O) groups excluding carboxylic acids is 3. The molecule has 0 atom stereocenters. The predicted octanol–water partition coefficient (Wildman–Crippen LogP) is 3.44. The number of fused-ring (bicyclic) bond motifs is 4. The normalized spacial score (nSPS) is 13.6. The largest absolute Gasteiger partial charge is 0.455 e. The maximum absolute atomic E-state index is 13.1. The number of hydrogen-bond donors (Lipinski definition) is 1. The van der Waals surface area contributed by atoms with Crippen LogP contribution in [0.15, 0.2) is 42.5 Å². The van der Waals surface area contributed by atoms with Crippen LogP contribution in [-0.4, -0.2) is 53.7 Å². The van der Waals surface area contributed by atoms with Gasteiger partial charge in [-0.05, 0) is 46.1 Å². The van der Waals surface area contributed by atoms with Crippen LogP contribution >= 0.6 is 0 Å². The molecule has 0 fully saturated rings. The van der Waals surface area contributed by atoms with Gasteiger partial charge in [-0.3, -0.25) is 9.59 Å². The molecule has 2 aromatic carbocycles. The van der Waals surface area contributed by atoms with Gasteiger partial charge in [0, 0.05) is 28.6 Å². The molecule has 3 aromatic rings. The Bertz CT molecular complexity index is 1170. The van der Waals surface area contributed by atoms with Gasteiger partial charge in [0.15, 0.2) is 5.78 Å². The first-order valence-electron chi connectivity index (χ1n) is 9.40. The summed E-state index contributed by atoms with van der Waals surface area (Å²) in [5.41, 5.74) is 1.65. The molecule has 0 amide bonds. The smallest absolute Gasteiger partial charge is 0.338 e. The summed E-state index contributed by atoms with van der Waals surface area (Å²) in [5, 5.41) is 0.549. The van der Waals surface area contributed by atoms with E-state index in [0.29, 0.717) is 39.7 Å². The van der Waals surface area contributed by atoms with Crippen LogP contribution in [0, 0.1) is 0 Å². The first-order valence-corrected chi connectivity index (χ1v) is 9.40. The second-order valence-electron chi connectivity index (χ2n) is 8.23. The van der Waals surface area contributed by atoms with Crippen LogP contribution in [0.25, 0.3) is 10.9 Å². The van der Waals surface area contributed by atoms with E-state index in [0.717, 1.165) is 0 Å². The van der Waals surface area contributed by atoms with Crippen LogP contribution in [0.3, 0.4) is 0 Å². The lowest BCUT2D eigenvalue weighted by atomic mass is 9.87. The van der Waals surface area contributed by atoms with Crippen molar-refractivity contribution in [3.8, 4) is 0 Å². The second-order valence-corrected chi connectivity index (χ2v) is 8.23. The van der Waals surface area contributed by atoms with Gasteiger partial charge in [0.25, 0.3) is 0 Å². The number of aromatic amines is 1. The minimum atomic E-state index is -0.669. The summed E-state index contributed by atoms with van der Waals surface area (Å²) < 4.78 is 5.67. The van der Waals surface area contributed by atoms with Crippen molar-refractivity contribution < 1.29 is 19.1 Å². The molecule has 1 N–H and O–H groups in total. The molecular weight excluding hydrogens is 368 g/mol. The van der Waals surface area contributed by atoms with Crippen molar-refractivity contribution in [3.05, 3.63) is 70.4 Å². The SMILES string of the molecule is CN(C)CC(C)(C)OC(=O)c1ccc2[nH]c3c(c2c1)C(=O)c1ccccc1C3=O. The topological polar surface area (TPSA) is 79.5 Å². The van der Waals surface area contributed by atoms with Crippen LogP contribution < -0.4 is 0 Å². The lowest BCUT2D eigenvalue weighted by Crippen LogP contribution is -2.38. The number of rotatable bonds is 4. The summed E-state index contributed by atoms with van der Waals surface area (Å²) in [6.45, 7) is 4.27. The maximum atomic E-state index is 13.1. The lowest BCUT2D eigenvalue weighted by Gasteiger charge is -2.28. The first-order chi connectivity index (χ1) is 13.7.